The van der Waals surface area contributed by atoms with E-state index < -0.39 is 15.1 Å². The lowest BCUT2D eigenvalue weighted by Gasteiger charge is -2.14. The van der Waals surface area contributed by atoms with Gasteiger partial charge in [-0.25, -0.2) is 8.42 Å². The molecule has 1 aromatic heterocycles. The first-order valence-electron chi connectivity index (χ1n) is 8.60. The summed E-state index contributed by atoms with van der Waals surface area (Å²) in [5.74, 6) is 0.986. The van der Waals surface area contributed by atoms with Crippen molar-refractivity contribution in [2.24, 2.45) is 0 Å². The Balaban J connectivity index is 1.57. The summed E-state index contributed by atoms with van der Waals surface area (Å²) in [5, 5.41) is 10.5. The molecular weight excluding hydrogens is 390 g/mol. The van der Waals surface area contributed by atoms with Crippen LogP contribution in [0, 0.1) is 0 Å². The van der Waals surface area contributed by atoms with Crippen molar-refractivity contribution in [3.8, 4) is 17.2 Å². The number of amides is 1. The number of benzene rings is 1. The summed E-state index contributed by atoms with van der Waals surface area (Å²) < 4.78 is 34.0. The first-order chi connectivity index (χ1) is 12.9. The fourth-order valence-corrected chi connectivity index (χ4v) is 5.03. The van der Waals surface area contributed by atoms with Crippen molar-refractivity contribution >= 4 is 27.5 Å². The molecule has 0 aliphatic carbocycles. The maximum atomic E-state index is 12.3. The molecule has 1 saturated heterocycles. The van der Waals surface area contributed by atoms with Gasteiger partial charge in [0.2, 0.25) is 11.8 Å². The standard InChI is InChI=1S/C17H21N3O5S2/c1-3-24-14-6-4-12(5-7-14)16-19-20-17(25-16)26-11(2)15(21)18-13-8-9-27(22,23)10-13/h4-7,11,13H,3,8-10H2,1-2H3,(H,18,21)/t11-,13-/m0/s1. The van der Waals surface area contributed by atoms with E-state index in [2.05, 4.69) is 15.5 Å². The Morgan fingerprint density at radius 3 is 2.74 bits per heavy atom. The van der Waals surface area contributed by atoms with Crippen LogP contribution in [0.5, 0.6) is 5.75 Å². The molecule has 0 unspecified atom stereocenters. The largest absolute Gasteiger partial charge is 0.494 e. The van der Waals surface area contributed by atoms with E-state index in [1.165, 1.54) is 0 Å². The third-order valence-corrected chi connectivity index (χ3v) is 6.75. The quantitative estimate of drug-likeness (QED) is 0.688. The van der Waals surface area contributed by atoms with E-state index in [0.717, 1.165) is 23.1 Å². The van der Waals surface area contributed by atoms with E-state index in [-0.39, 0.29) is 28.7 Å². The highest BCUT2D eigenvalue weighted by atomic mass is 32.2. The monoisotopic (exact) mass is 411 g/mol. The molecule has 0 radical (unpaired) electrons. The molecular formula is C17H21N3O5S2. The van der Waals surface area contributed by atoms with Crippen LogP contribution in [-0.2, 0) is 14.6 Å². The van der Waals surface area contributed by atoms with Crippen LogP contribution in [0.1, 0.15) is 20.3 Å². The molecule has 27 heavy (non-hydrogen) atoms. The number of sulfone groups is 1. The van der Waals surface area contributed by atoms with Crippen LogP contribution in [0.2, 0.25) is 0 Å². The Hall–Kier alpha value is -2.07. The highest BCUT2D eigenvalue weighted by Gasteiger charge is 2.30. The van der Waals surface area contributed by atoms with Gasteiger partial charge in [0, 0.05) is 11.6 Å². The van der Waals surface area contributed by atoms with Crippen molar-refractivity contribution < 1.29 is 22.4 Å². The van der Waals surface area contributed by atoms with Crippen molar-refractivity contribution in [3.63, 3.8) is 0 Å². The van der Waals surface area contributed by atoms with E-state index >= 15 is 0 Å². The average Bonchev–Trinajstić information content (AvgIpc) is 3.22. The summed E-state index contributed by atoms with van der Waals surface area (Å²) in [7, 11) is -3.03. The summed E-state index contributed by atoms with van der Waals surface area (Å²) >= 11 is 1.14. The number of nitrogens with one attached hydrogen (secondary N) is 1. The molecule has 2 atom stereocenters. The van der Waals surface area contributed by atoms with Crippen LogP contribution in [0.4, 0.5) is 0 Å². The molecule has 1 aliphatic rings. The summed E-state index contributed by atoms with van der Waals surface area (Å²) in [4.78, 5) is 12.3. The molecule has 0 saturated carbocycles. The fraction of sp³-hybridized carbons (Fsp3) is 0.471. The summed E-state index contributed by atoms with van der Waals surface area (Å²) in [6, 6.07) is 6.96. The van der Waals surface area contributed by atoms with Crippen LogP contribution in [0.15, 0.2) is 33.9 Å². The fourth-order valence-electron chi connectivity index (χ4n) is 2.67. The predicted molar refractivity (Wildman–Crippen MR) is 101 cm³/mol. The van der Waals surface area contributed by atoms with Gasteiger partial charge in [-0.05, 0) is 44.5 Å². The van der Waals surface area contributed by atoms with Crippen molar-refractivity contribution in [1.29, 1.82) is 0 Å². The van der Waals surface area contributed by atoms with E-state index in [4.69, 9.17) is 9.15 Å². The Morgan fingerprint density at radius 1 is 1.37 bits per heavy atom. The number of nitrogens with zero attached hydrogens (tertiary/aromatic N) is 2. The van der Waals surface area contributed by atoms with Gasteiger partial charge in [-0.1, -0.05) is 11.8 Å². The van der Waals surface area contributed by atoms with Gasteiger partial charge >= 0.3 is 0 Å². The van der Waals surface area contributed by atoms with Crippen LogP contribution < -0.4 is 10.1 Å². The normalized spacial score (nSPS) is 19.6. The second kappa shape index (κ2) is 8.30. The maximum Gasteiger partial charge on any atom is 0.277 e. The maximum absolute atomic E-state index is 12.3. The van der Waals surface area contributed by atoms with Crippen LogP contribution >= 0.6 is 11.8 Å². The first kappa shape index (κ1) is 19.7. The number of ether oxygens (including phenoxy) is 1. The molecule has 10 heteroatoms. The Labute approximate surface area is 162 Å². The molecule has 8 nitrogen and oxygen atoms in total. The van der Waals surface area contributed by atoms with Gasteiger partial charge in [0.05, 0.1) is 23.4 Å². The number of carbonyl (C=O) groups is 1. The number of hydrogen-bond acceptors (Lipinski definition) is 8. The van der Waals surface area contributed by atoms with E-state index in [0.29, 0.717) is 18.9 Å². The topological polar surface area (TPSA) is 111 Å². The summed E-state index contributed by atoms with van der Waals surface area (Å²) in [5.41, 5.74) is 0.756. The number of hydrogen-bond donors (Lipinski definition) is 1. The Bertz CT molecular complexity index is 896. The van der Waals surface area contributed by atoms with Gasteiger partial charge < -0.3 is 14.5 Å². The molecule has 1 aromatic carbocycles. The van der Waals surface area contributed by atoms with Crippen molar-refractivity contribution in [1.82, 2.24) is 15.5 Å². The lowest BCUT2D eigenvalue weighted by molar-refractivity contribution is -0.120. The highest BCUT2D eigenvalue weighted by molar-refractivity contribution is 8.00. The van der Waals surface area contributed by atoms with Gasteiger partial charge in [0.1, 0.15) is 5.75 Å². The van der Waals surface area contributed by atoms with Gasteiger partial charge in [-0.15, -0.1) is 10.2 Å². The molecule has 146 valence electrons. The zero-order chi connectivity index (χ0) is 19.4. The van der Waals surface area contributed by atoms with Crippen molar-refractivity contribution in [2.75, 3.05) is 18.1 Å². The smallest absolute Gasteiger partial charge is 0.277 e. The second-order valence-corrected chi connectivity index (χ2v) is 9.72. The lowest BCUT2D eigenvalue weighted by atomic mass is 10.2. The first-order valence-corrected chi connectivity index (χ1v) is 11.3. The molecule has 1 N–H and O–H groups in total. The molecule has 2 aromatic rings. The number of rotatable bonds is 7. The number of carbonyl (C=O) groups excluding carboxylic acids is 1. The summed E-state index contributed by atoms with van der Waals surface area (Å²) in [6.07, 6.45) is 0.452. The zero-order valence-corrected chi connectivity index (χ0v) is 16.7. The minimum Gasteiger partial charge on any atom is -0.494 e. The average molecular weight is 412 g/mol. The van der Waals surface area contributed by atoms with Gasteiger partial charge in [-0.2, -0.15) is 0 Å². The van der Waals surface area contributed by atoms with E-state index in [1.54, 1.807) is 6.92 Å². The highest BCUT2D eigenvalue weighted by Crippen LogP contribution is 2.27. The third kappa shape index (κ3) is 5.23. The Kier molecular flexibility index (Phi) is 6.05. The van der Waals surface area contributed by atoms with Gasteiger partial charge in [0.25, 0.3) is 5.22 Å². The molecule has 1 amide bonds. The van der Waals surface area contributed by atoms with Crippen molar-refractivity contribution in [2.45, 2.75) is 36.8 Å². The van der Waals surface area contributed by atoms with E-state index in [9.17, 15) is 13.2 Å². The number of thioether (sulfide) groups is 1. The third-order valence-electron chi connectivity index (χ3n) is 4.04. The van der Waals surface area contributed by atoms with Crippen molar-refractivity contribution in [3.05, 3.63) is 24.3 Å². The number of aromatic nitrogens is 2. The van der Waals surface area contributed by atoms with Crippen LogP contribution in [0.25, 0.3) is 11.5 Å². The second-order valence-electron chi connectivity index (χ2n) is 6.20. The predicted octanol–water partition coefficient (Wildman–Crippen LogP) is 1.92. The SMILES string of the molecule is CCOc1ccc(-c2nnc(S[C@@H](C)C(=O)N[C@H]3CCS(=O)(=O)C3)o2)cc1. The van der Waals surface area contributed by atoms with Crippen LogP contribution in [0.3, 0.4) is 0 Å². The molecule has 2 heterocycles. The molecule has 0 bridgehead atoms. The molecule has 1 fully saturated rings. The molecule has 3 rings (SSSR count). The molecule has 0 spiro atoms. The zero-order valence-electron chi connectivity index (χ0n) is 15.0. The van der Waals surface area contributed by atoms with Gasteiger partial charge in [-0.3, -0.25) is 4.79 Å². The molecule has 1 aliphatic heterocycles. The minimum absolute atomic E-state index is 0.00142. The van der Waals surface area contributed by atoms with Crippen LogP contribution in [-0.4, -0.2) is 53.9 Å². The minimum atomic E-state index is -3.03. The lowest BCUT2D eigenvalue weighted by Crippen LogP contribution is -2.39. The van der Waals surface area contributed by atoms with Gasteiger partial charge in [0.15, 0.2) is 9.84 Å². The van der Waals surface area contributed by atoms with E-state index in [1.807, 2.05) is 31.2 Å². The summed E-state index contributed by atoms with van der Waals surface area (Å²) in [6.45, 7) is 4.22. The Morgan fingerprint density at radius 2 is 2.11 bits per heavy atom.